The van der Waals surface area contributed by atoms with Gasteiger partial charge in [0.05, 0.1) is 0 Å². The van der Waals surface area contributed by atoms with Crippen molar-refractivity contribution in [2.75, 3.05) is 0 Å². The van der Waals surface area contributed by atoms with E-state index in [1.807, 2.05) is 6.07 Å². The normalized spacial score (nSPS) is 10.0. The second-order valence-electron chi connectivity index (χ2n) is 2.61. The first-order valence-electron chi connectivity index (χ1n) is 3.77. The lowest BCUT2D eigenvalue weighted by atomic mass is 10.1. The summed E-state index contributed by atoms with van der Waals surface area (Å²) < 4.78 is 1.37. The van der Waals surface area contributed by atoms with Crippen LogP contribution in [0.3, 0.4) is 0 Å². The van der Waals surface area contributed by atoms with Crippen molar-refractivity contribution in [3.8, 4) is 0 Å². The lowest BCUT2D eigenvalue weighted by Gasteiger charge is -2.07. The van der Waals surface area contributed by atoms with Gasteiger partial charge in [-0.05, 0) is 11.1 Å². The van der Waals surface area contributed by atoms with Crippen LogP contribution in [-0.4, -0.2) is 16.3 Å². The molecule has 0 saturated carbocycles. The van der Waals surface area contributed by atoms with Crippen LogP contribution in [0.4, 0.5) is 0 Å². The van der Waals surface area contributed by atoms with Gasteiger partial charge in [-0.15, -0.1) is 4.43 Å². The van der Waals surface area contributed by atoms with Crippen molar-refractivity contribution in [3.05, 3.63) is 29.3 Å². The van der Waals surface area contributed by atoms with Crippen LogP contribution < -0.4 is 15.9 Å². The minimum Gasteiger partial charge on any atom is -0.327 e. The van der Waals surface area contributed by atoms with Crippen LogP contribution in [-0.2, 0) is 13.1 Å². The molecule has 1 aromatic carbocycles. The Labute approximate surface area is 75.0 Å². The molecule has 0 spiro atoms. The van der Waals surface area contributed by atoms with E-state index in [0.29, 0.717) is 13.1 Å². The van der Waals surface area contributed by atoms with E-state index in [1.165, 1.54) is 15.6 Å². The number of benzene rings is 1. The summed E-state index contributed by atoms with van der Waals surface area (Å²) in [5.74, 6) is 0. The molecule has 0 aromatic heterocycles. The van der Waals surface area contributed by atoms with Gasteiger partial charge in [0.1, 0.15) is 0 Å². The van der Waals surface area contributed by atoms with Crippen molar-refractivity contribution in [3.63, 3.8) is 0 Å². The van der Waals surface area contributed by atoms with Crippen molar-refractivity contribution < 1.29 is 0 Å². The molecular formula is C8H13AlN2. The third kappa shape index (κ3) is 1.82. The Morgan fingerprint density at radius 1 is 1.09 bits per heavy atom. The molecule has 0 aliphatic rings. The minimum absolute atomic E-state index is 0.632. The molecule has 3 heteroatoms. The van der Waals surface area contributed by atoms with E-state index in [1.54, 1.807) is 0 Å². The van der Waals surface area contributed by atoms with Crippen LogP contribution in [0, 0.1) is 0 Å². The maximum atomic E-state index is 5.56. The molecule has 0 radical (unpaired) electrons. The number of hydrogen-bond donors (Lipinski definition) is 2. The van der Waals surface area contributed by atoms with Gasteiger partial charge in [0.25, 0.3) is 16.3 Å². The molecule has 0 amide bonds. The first-order chi connectivity index (χ1) is 5.29. The third-order valence-electron chi connectivity index (χ3n) is 2.00. The van der Waals surface area contributed by atoms with Crippen LogP contribution in [0.2, 0.25) is 0 Å². The maximum absolute atomic E-state index is 5.56. The molecule has 4 N–H and O–H groups in total. The van der Waals surface area contributed by atoms with Crippen molar-refractivity contribution >= 4 is 20.7 Å². The topological polar surface area (TPSA) is 52.0 Å². The molecule has 0 aliphatic heterocycles. The molecule has 0 fully saturated rings. The van der Waals surface area contributed by atoms with Crippen molar-refractivity contribution in [1.82, 2.24) is 0 Å². The highest BCUT2D eigenvalue weighted by Gasteiger charge is 1.98. The van der Waals surface area contributed by atoms with Crippen LogP contribution in [0.5, 0.6) is 0 Å². The molecule has 0 unspecified atom stereocenters. The van der Waals surface area contributed by atoms with Gasteiger partial charge in [0.15, 0.2) is 0 Å². The second kappa shape index (κ2) is 3.89. The Hall–Kier alpha value is -0.328. The van der Waals surface area contributed by atoms with Gasteiger partial charge < -0.3 is 11.5 Å². The van der Waals surface area contributed by atoms with E-state index in [2.05, 4.69) is 12.1 Å². The molecule has 1 aromatic rings. The summed E-state index contributed by atoms with van der Waals surface area (Å²) in [5, 5.41) is 0. The summed E-state index contributed by atoms with van der Waals surface area (Å²) >= 11 is 1.04. The number of nitrogens with two attached hydrogens (primary N) is 2. The molecule has 58 valence electrons. The van der Waals surface area contributed by atoms with E-state index in [-0.39, 0.29) is 0 Å². The lowest BCUT2D eigenvalue weighted by Crippen LogP contribution is -2.20. The van der Waals surface area contributed by atoms with Gasteiger partial charge in [0.2, 0.25) is 0 Å². The summed E-state index contributed by atoms with van der Waals surface area (Å²) in [7, 11) is 0. The predicted molar refractivity (Wildman–Crippen MR) is 50.4 cm³/mol. The summed E-state index contributed by atoms with van der Waals surface area (Å²) in [6.45, 7) is 1.26. The average Bonchev–Trinajstić information content (AvgIpc) is 2.05. The SMILES string of the molecule is NCc1cccc(CN)[c]1[AlH2]. The van der Waals surface area contributed by atoms with Crippen LogP contribution in [0.15, 0.2) is 18.2 Å². The smallest absolute Gasteiger partial charge is 0.259 e. The molecule has 1 rings (SSSR count). The van der Waals surface area contributed by atoms with E-state index in [9.17, 15) is 0 Å². The Morgan fingerprint density at radius 2 is 1.55 bits per heavy atom. The van der Waals surface area contributed by atoms with Crippen molar-refractivity contribution in [2.24, 2.45) is 11.5 Å². The first kappa shape index (κ1) is 8.77. The standard InChI is InChI=1S/C8H11N2.Al.2H/c9-5-7-2-1-3-8(4-7)6-10;;;/h1-3H,5-6,9-10H2;;;. The molecular weight excluding hydrogens is 151 g/mol. The molecule has 0 heterocycles. The van der Waals surface area contributed by atoms with Gasteiger partial charge in [0, 0.05) is 13.1 Å². The number of hydrogen-bond acceptors (Lipinski definition) is 2. The van der Waals surface area contributed by atoms with Gasteiger partial charge >= 0.3 is 0 Å². The highest BCUT2D eigenvalue weighted by Crippen LogP contribution is 1.98. The van der Waals surface area contributed by atoms with Gasteiger partial charge in [-0.1, -0.05) is 18.2 Å². The van der Waals surface area contributed by atoms with Crippen LogP contribution in [0.25, 0.3) is 0 Å². The molecule has 0 atom stereocenters. The third-order valence-corrected chi connectivity index (χ3v) is 3.28. The molecule has 0 saturated heterocycles. The zero-order valence-electron chi connectivity index (χ0n) is 6.80. The summed E-state index contributed by atoms with van der Waals surface area (Å²) in [6.07, 6.45) is 0. The zero-order valence-corrected chi connectivity index (χ0v) is 8.80. The minimum atomic E-state index is 0.632. The van der Waals surface area contributed by atoms with E-state index >= 15 is 0 Å². The number of rotatable bonds is 2. The largest absolute Gasteiger partial charge is 0.327 e. The quantitative estimate of drug-likeness (QED) is 0.543. The van der Waals surface area contributed by atoms with E-state index in [0.717, 1.165) is 16.3 Å². The van der Waals surface area contributed by atoms with Gasteiger partial charge in [-0.3, -0.25) is 0 Å². The molecule has 2 nitrogen and oxygen atoms in total. The fraction of sp³-hybridized carbons (Fsp3) is 0.250. The van der Waals surface area contributed by atoms with Gasteiger partial charge in [-0.25, -0.2) is 0 Å². The Kier molecular flexibility index (Phi) is 3.10. The Morgan fingerprint density at radius 3 is 1.91 bits per heavy atom. The predicted octanol–water partition coefficient (Wildman–Crippen LogP) is -1.14. The van der Waals surface area contributed by atoms with E-state index < -0.39 is 0 Å². The van der Waals surface area contributed by atoms with Gasteiger partial charge in [-0.2, -0.15) is 0 Å². The van der Waals surface area contributed by atoms with Crippen molar-refractivity contribution in [2.45, 2.75) is 13.1 Å². The Balaban J connectivity index is 3.10. The van der Waals surface area contributed by atoms with Crippen LogP contribution in [0.1, 0.15) is 11.1 Å². The summed E-state index contributed by atoms with van der Waals surface area (Å²) in [5.41, 5.74) is 13.6. The first-order valence-corrected chi connectivity index (χ1v) is 4.77. The van der Waals surface area contributed by atoms with Crippen molar-refractivity contribution in [1.29, 1.82) is 0 Å². The second-order valence-corrected chi connectivity index (χ2v) is 3.61. The molecule has 0 aliphatic carbocycles. The monoisotopic (exact) mass is 164 g/mol. The molecule has 11 heavy (non-hydrogen) atoms. The summed E-state index contributed by atoms with van der Waals surface area (Å²) in [6, 6.07) is 6.16. The molecule has 0 bridgehead atoms. The Bertz CT molecular complexity index is 226. The fourth-order valence-corrected chi connectivity index (χ4v) is 1.92. The summed E-state index contributed by atoms with van der Waals surface area (Å²) in [4.78, 5) is 0. The van der Waals surface area contributed by atoms with E-state index in [4.69, 9.17) is 11.5 Å². The highest BCUT2D eigenvalue weighted by atomic mass is 27.0. The maximum Gasteiger partial charge on any atom is 0.259 e. The highest BCUT2D eigenvalue weighted by molar-refractivity contribution is 6.34. The fourth-order valence-electron chi connectivity index (χ4n) is 1.18. The average molecular weight is 164 g/mol. The van der Waals surface area contributed by atoms with Crippen LogP contribution >= 0.6 is 0 Å². The lowest BCUT2D eigenvalue weighted by molar-refractivity contribution is 1.04. The zero-order chi connectivity index (χ0) is 8.27.